The van der Waals surface area contributed by atoms with E-state index in [2.05, 4.69) is 36.2 Å². The molecule has 0 bridgehead atoms. The van der Waals surface area contributed by atoms with Gasteiger partial charge in [0.05, 0.1) is 5.56 Å². The first-order valence-electron chi connectivity index (χ1n) is 10.3. The number of aromatic nitrogens is 2. The van der Waals surface area contributed by atoms with Crippen molar-refractivity contribution in [1.82, 2.24) is 10.1 Å². The Hall–Kier alpha value is -3.68. The van der Waals surface area contributed by atoms with Gasteiger partial charge in [0.1, 0.15) is 5.75 Å². The zero-order valence-electron chi connectivity index (χ0n) is 18.8. The molecule has 3 aromatic rings. The van der Waals surface area contributed by atoms with Crippen molar-refractivity contribution < 1.29 is 23.6 Å². The second kappa shape index (κ2) is 9.64. The summed E-state index contributed by atoms with van der Waals surface area (Å²) in [6.07, 6.45) is -0.956. The summed E-state index contributed by atoms with van der Waals surface area (Å²) in [5.41, 5.74) is 2.14. The highest BCUT2D eigenvalue weighted by molar-refractivity contribution is 5.97. The molecule has 1 unspecified atom stereocenters. The minimum Gasteiger partial charge on any atom is -0.485 e. The van der Waals surface area contributed by atoms with Crippen molar-refractivity contribution in [2.45, 2.75) is 52.7 Å². The van der Waals surface area contributed by atoms with E-state index in [4.69, 9.17) is 14.0 Å². The third-order valence-corrected chi connectivity index (χ3v) is 4.70. The highest BCUT2D eigenvalue weighted by atomic mass is 16.5. The van der Waals surface area contributed by atoms with Crippen LogP contribution in [-0.2, 0) is 21.6 Å². The van der Waals surface area contributed by atoms with Gasteiger partial charge in [-0.05, 0) is 54.3 Å². The molecule has 0 aliphatic carbocycles. The normalized spacial score (nSPS) is 12.2. The number of hydrogen-bond acceptors (Lipinski definition) is 7. The van der Waals surface area contributed by atoms with Crippen molar-refractivity contribution in [2.75, 3.05) is 5.32 Å². The fraction of sp³-hybridized carbons (Fsp3) is 0.333. The molecule has 0 spiro atoms. The molecular weight excluding hydrogens is 410 g/mol. The van der Waals surface area contributed by atoms with Crippen LogP contribution in [0.4, 0.5) is 5.69 Å². The van der Waals surface area contributed by atoms with Crippen LogP contribution in [0, 0.1) is 6.92 Å². The molecule has 1 N–H and O–H groups in total. The van der Waals surface area contributed by atoms with Gasteiger partial charge in [0, 0.05) is 12.6 Å². The lowest BCUT2D eigenvalue weighted by Gasteiger charge is -2.19. The van der Waals surface area contributed by atoms with Gasteiger partial charge < -0.3 is 19.3 Å². The number of rotatable bonds is 7. The third-order valence-electron chi connectivity index (χ3n) is 4.70. The van der Waals surface area contributed by atoms with Gasteiger partial charge in [0.2, 0.25) is 11.7 Å². The van der Waals surface area contributed by atoms with Crippen molar-refractivity contribution in [3.05, 3.63) is 71.4 Å². The van der Waals surface area contributed by atoms with E-state index in [1.54, 1.807) is 31.2 Å². The second-order valence-corrected chi connectivity index (χ2v) is 8.41. The van der Waals surface area contributed by atoms with Gasteiger partial charge in [-0.3, -0.25) is 4.79 Å². The highest BCUT2D eigenvalue weighted by Gasteiger charge is 2.20. The number of benzene rings is 2. The van der Waals surface area contributed by atoms with Gasteiger partial charge in [0.15, 0.2) is 12.7 Å². The summed E-state index contributed by atoms with van der Waals surface area (Å²) in [6.45, 7) is 9.73. The lowest BCUT2D eigenvalue weighted by Crippen LogP contribution is -2.30. The Bertz CT molecular complexity index is 1070. The Morgan fingerprint density at radius 3 is 2.28 bits per heavy atom. The SMILES string of the molecule is Cc1nc(COc2ccc(C(=O)OC(C)C(=O)Nc3ccc(C(C)(C)C)cc3)cc2)no1. The molecule has 1 amide bonds. The van der Waals surface area contributed by atoms with Gasteiger partial charge in [-0.25, -0.2) is 4.79 Å². The van der Waals surface area contributed by atoms with Crippen LogP contribution in [0.3, 0.4) is 0 Å². The Balaban J connectivity index is 1.51. The summed E-state index contributed by atoms with van der Waals surface area (Å²) in [5, 5.41) is 6.51. The van der Waals surface area contributed by atoms with Gasteiger partial charge in [-0.1, -0.05) is 38.1 Å². The van der Waals surface area contributed by atoms with E-state index >= 15 is 0 Å². The summed E-state index contributed by atoms with van der Waals surface area (Å²) in [4.78, 5) is 28.8. The first kappa shape index (κ1) is 23.0. The van der Waals surface area contributed by atoms with Crippen LogP contribution in [0.15, 0.2) is 53.1 Å². The van der Waals surface area contributed by atoms with E-state index < -0.39 is 18.0 Å². The highest BCUT2D eigenvalue weighted by Crippen LogP contribution is 2.23. The summed E-state index contributed by atoms with van der Waals surface area (Å²) in [5.74, 6) is 0.419. The third kappa shape index (κ3) is 6.16. The predicted octanol–water partition coefficient (Wildman–Crippen LogP) is 4.44. The summed E-state index contributed by atoms with van der Waals surface area (Å²) < 4.78 is 15.7. The van der Waals surface area contributed by atoms with Crippen molar-refractivity contribution in [2.24, 2.45) is 0 Å². The molecule has 1 atom stereocenters. The van der Waals surface area contributed by atoms with Gasteiger partial charge in [-0.2, -0.15) is 4.98 Å². The Kier molecular flexibility index (Phi) is 6.92. The van der Waals surface area contributed by atoms with Crippen molar-refractivity contribution in [1.29, 1.82) is 0 Å². The maximum Gasteiger partial charge on any atom is 0.338 e. The molecule has 0 radical (unpaired) electrons. The van der Waals surface area contributed by atoms with Crippen LogP contribution in [0.25, 0.3) is 0 Å². The molecule has 1 aromatic heterocycles. The average molecular weight is 437 g/mol. The van der Waals surface area contributed by atoms with Crippen LogP contribution in [0.5, 0.6) is 5.75 Å². The molecule has 8 heteroatoms. The number of nitrogens with zero attached hydrogens (tertiary/aromatic N) is 2. The maximum absolute atomic E-state index is 12.4. The summed E-state index contributed by atoms with van der Waals surface area (Å²) in [7, 11) is 0. The minimum atomic E-state index is -0.956. The van der Waals surface area contributed by atoms with Crippen LogP contribution >= 0.6 is 0 Å². The number of carbonyl (C=O) groups is 2. The van der Waals surface area contributed by atoms with Gasteiger partial charge in [-0.15, -0.1) is 0 Å². The van der Waals surface area contributed by atoms with Crippen molar-refractivity contribution >= 4 is 17.6 Å². The van der Waals surface area contributed by atoms with E-state index in [0.29, 0.717) is 28.7 Å². The zero-order chi connectivity index (χ0) is 23.3. The fourth-order valence-electron chi connectivity index (χ4n) is 2.81. The molecule has 0 aliphatic rings. The maximum atomic E-state index is 12.4. The standard InChI is InChI=1S/C24H27N3O5/c1-15(22(28)26-19-10-8-18(9-11-19)24(3,4)5)31-23(29)17-6-12-20(13-7-17)30-14-21-25-16(2)32-27-21/h6-13,15H,14H2,1-5H3,(H,26,28). The summed E-state index contributed by atoms with van der Waals surface area (Å²) in [6, 6.07) is 14.0. The molecule has 0 saturated carbocycles. The van der Waals surface area contributed by atoms with E-state index in [1.165, 1.54) is 6.92 Å². The van der Waals surface area contributed by atoms with E-state index in [0.717, 1.165) is 5.56 Å². The van der Waals surface area contributed by atoms with Crippen LogP contribution in [-0.4, -0.2) is 28.1 Å². The molecule has 1 heterocycles. The number of amides is 1. The molecule has 0 aliphatic heterocycles. The van der Waals surface area contributed by atoms with Gasteiger partial charge >= 0.3 is 5.97 Å². The number of aryl methyl sites for hydroxylation is 1. The average Bonchev–Trinajstić information content (AvgIpc) is 3.17. The Morgan fingerprint density at radius 1 is 1.06 bits per heavy atom. The number of hydrogen-bond donors (Lipinski definition) is 1. The minimum absolute atomic E-state index is 0.0258. The Morgan fingerprint density at radius 2 is 1.72 bits per heavy atom. The van der Waals surface area contributed by atoms with Crippen LogP contribution < -0.4 is 10.1 Å². The predicted molar refractivity (Wildman–Crippen MR) is 118 cm³/mol. The monoisotopic (exact) mass is 437 g/mol. The first-order valence-corrected chi connectivity index (χ1v) is 10.3. The number of anilines is 1. The second-order valence-electron chi connectivity index (χ2n) is 8.41. The van der Waals surface area contributed by atoms with Gasteiger partial charge in [0.25, 0.3) is 5.91 Å². The van der Waals surface area contributed by atoms with E-state index in [1.807, 2.05) is 24.3 Å². The molecule has 8 nitrogen and oxygen atoms in total. The molecule has 0 saturated heterocycles. The molecule has 168 valence electrons. The molecule has 2 aromatic carbocycles. The van der Waals surface area contributed by atoms with E-state index in [-0.39, 0.29) is 12.0 Å². The number of nitrogens with one attached hydrogen (secondary N) is 1. The van der Waals surface area contributed by atoms with Crippen molar-refractivity contribution in [3.8, 4) is 5.75 Å². The lowest BCUT2D eigenvalue weighted by atomic mass is 9.87. The van der Waals surface area contributed by atoms with Crippen LogP contribution in [0.2, 0.25) is 0 Å². The number of ether oxygens (including phenoxy) is 2. The van der Waals surface area contributed by atoms with Crippen LogP contribution in [0.1, 0.15) is 55.3 Å². The van der Waals surface area contributed by atoms with E-state index in [9.17, 15) is 9.59 Å². The lowest BCUT2D eigenvalue weighted by molar-refractivity contribution is -0.123. The number of carbonyl (C=O) groups excluding carboxylic acids is 2. The number of esters is 1. The quantitative estimate of drug-likeness (QED) is 0.545. The van der Waals surface area contributed by atoms with Crippen molar-refractivity contribution in [3.63, 3.8) is 0 Å². The first-order chi connectivity index (χ1) is 15.1. The topological polar surface area (TPSA) is 104 Å². The molecule has 3 rings (SSSR count). The Labute approximate surface area is 186 Å². The zero-order valence-corrected chi connectivity index (χ0v) is 18.8. The molecule has 0 fully saturated rings. The summed E-state index contributed by atoms with van der Waals surface area (Å²) >= 11 is 0. The smallest absolute Gasteiger partial charge is 0.338 e. The largest absolute Gasteiger partial charge is 0.485 e. The fourth-order valence-corrected chi connectivity index (χ4v) is 2.81. The molecule has 32 heavy (non-hydrogen) atoms. The molecular formula is C24H27N3O5.